The predicted molar refractivity (Wildman–Crippen MR) is 128 cm³/mol. The van der Waals surface area contributed by atoms with Gasteiger partial charge in [-0.2, -0.15) is 0 Å². The Balaban J connectivity index is 1.60. The van der Waals surface area contributed by atoms with Gasteiger partial charge in [0.15, 0.2) is 0 Å². The van der Waals surface area contributed by atoms with Gasteiger partial charge >= 0.3 is 0 Å². The molecule has 0 saturated heterocycles. The van der Waals surface area contributed by atoms with E-state index in [2.05, 4.69) is 110 Å². The van der Waals surface area contributed by atoms with Crippen LogP contribution in [0.2, 0.25) is 0 Å². The normalized spacial score (nSPS) is 11.8. The molecule has 0 bridgehead atoms. The van der Waals surface area contributed by atoms with Crippen LogP contribution in [-0.2, 0) is 19.3 Å². The summed E-state index contributed by atoms with van der Waals surface area (Å²) in [6.45, 7) is 4.41. The van der Waals surface area contributed by atoms with Crippen LogP contribution in [0.4, 0.5) is 17.1 Å². The zero-order chi connectivity index (χ0) is 20.5. The Labute approximate surface area is 179 Å². The highest BCUT2D eigenvalue weighted by Gasteiger charge is 2.20. The van der Waals surface area contributed by atoms with Crippen molar-refractivity contribution in [3.8, 4) is 11.1 Å². The fourth-order valence-electron chi connectivity index (χ4n) is 4.48. The number of hydrogen-bond donors (Lipinski definition) is 0. The molecule has 0 aromatic heterocycles. The Morgan fingerprint density at radius 3 is 1.70 bits per heavy atom. The Morgan fingerprint density at radius 1 is 0.567 bits per heavy atom. The topological polar surface area (TPSA) is 3.24 Å². The van der Waals surface area contributed by atoms with Crippen LogP contribution < -0.4 is 4.90 Å². The lowest BCUT2D eigenvalue weighted by molar-refractivity contribution is 1.13. The summed E-state index contributed by atoms with van der Waals surface area (Å²) in [5.41, 5.74) is 11.9. The SMILES string of the molecule is CCc1ccc(N(c2ccc(CC)cc2)c2ccc3c(c2)Cc2ccccc2-3)cc1. The summed E-state index contributed by atoms with van der Waals surface area (Å²) in [6.07, 6.45) is 3.13. The van der Waals surface area contributed by atoms with Crippen molar-refractivity contribution in [2.45, 2.75) is 33.1 Å². The summed E-state index contributed by atoms with van der Waals surface area (Å²) in [5, 5.41) is 0. The predicted octanol–water partition coefficient (Wildman–Crippen LogP) is 7.85. The fraction of sp³-hybridized carbons (Fsp3) is 0.172. The Morgan fingerprint density at radius 2 is 1.10 bits per heavy atom. The number of anilines is 3. The van der Waals surface area contributed by atoms with Gasteiger partial charge in [-0.05, 0) is 89.0 Å². The smallest absolute Gasteiger partial charge is 0.0464 e. The van der Waals surface area contributed by atoms with E-state index in [0.29, 0.717) is 0 Å². The summed E-state index contributed by atoms with van der Waals surface area (Å²) in [4.78, 5) is 2.38. The van der Waals surface area contributed by atoms with Crippen LogP contribution in [0.3, 0.4) is 0 Å². The van der Waals surface area contributed by atoms with Gasteiger partial charge in [0, 0.05) is 17.1 Å². The first kappa shape index (κ1) is 18.7. The minimum Gasteiger partial charge on any atom is -0.310 e. The van der Waals surface area contributed by atoms with Crippen molar-refractivity contribution in [2.75, 3.05) is 4.90 Å². The molecule has 5 rings (SSSR count). The Bertz CT molecular complexity index is 1120. The molecule has 0 aliphatic heterocycles. The lowest BCUT2D eigenvalue weighted by Gasteiger charge is -2.26. The third-order valence-electron chi connectivity index (χ3n) is 6.24. The summed E-state index contributed by atoms with van der Waals surface area (Å²) in [7, 11) is 0. The van der Waals surface area contributed by atoms with Crippen LogP contribution in [0.15, 0.2) is 91.0 Å². The molecule has 4 aromatic carbocycles. The molecule has 1 aliphatic carbocycles. The molecule has 0 amide bonds. The maximum atomic E-state index is 2.38. The molecule has 148 valence electrons. The number of fused-ring (bicyclic) bond motifs is 3. The van der Waals surface area contributed by atoms with Crippen molar-refractivity contribution in [1.29, 1.82) is 0 Å². The number of rotatable bonds is 5. The fourth-order valence-corrected chi connectivity index (χ4v) is 4.48. The molecule has 0 atom stereocenters. The van der Waals surface area contributed by atoms with Crippen molar-refractivity contribution in [2.24, 2.45) is 0 Å². The van der Waals surface area contributed by atoms with Crippen molar-refractivity contribution in [1.82, 2.24) is 0 Å². The summed E-state index contributed by atoms with van der Waals surface area (Å²) < 4.78 is 0. The van der Waals surface area contributed by atoms with Crippen molar-refractivity contribution in [3.05, 3.63) is 113 Å². The van der Waals surface area contributed by atoms with E-state index in [-0.39, 0.29) is 0 Å². The van der Waals surface area contributed by atoms with Crippen LogP contribution in [0.1, 0.15) is 36.1 Å². The van der Waals surface area contributed by atoms with E-state index >= 15 is 0 Å². The monoisotopic (exact) mass is 389 g/mol. The molecule has 0 spiro atoms. The first-order chi connectivity index (χ1) is 14.8. The van der Waals surface area contributed by atoms with E-state index in [9.17, 15) is 0 Å². The summed E-state index contributed by atoms with van der Waals surface area (Å²) in [6, 6.07) is 33.7. The lowest BCUT2D eigenvalue weighted by atomic mass is 10.0. The second kappa shape index (κ2) is 7.84. The second-order valence-electron chi connectivity index (χ2n) is 8.05. The highest BCUT2D eigenvalue weighted by atomic mass is 15.1. The summed E-state index contributed by atoms with van der Waals surface area (Å²) in [5.74, 6) is 0. The second-order valence-corrected chi connectivity index (χ2v) is 8.05. The molecule has 0 saturated carbocycles. The van der Waals surface area contributed by atoms with E-state index in [1.54, 1.807) is 0 Å². The van der Waals surface area contributed by atoms with E-state index < -0.39 is 0 Å². The zero-order valence-corrected chi connectivity index (χ0v) is 17.7. The molecule has 1 heteroatoms. The molecular weight excluding hydrogens is 362 g/mol. The third-order valence-corrected chi connectivity index (χ3v) is 6.24. The molecule has 4 aromatic rings. The first-order valence-corrected chi connectivity index (χ1v) is 11.0. The van der Waals surface area contributed by atoms with Gasteiger partial charge in [-0.25, -0.2) is 0 Å². The summed E-state index contributed by atoms with van der Waals surface area (Å²) >= 11 is 0. The largest absolute Gasteiger partial charge is 0.310 e. The number of nitrogens with zero attached hydrogens (tertiary/aromatic N) is 1. The quantitative estimate of drug-likeness (QED) is 0.296. The van der Waals surface area contributed by atoms with E-state index in [1.807, 2.05) is 0 Å². The molecule has 0 N–H and O–H groups in total. The maximum Gasteiger partial charge on any atom is 0.0464 e. The molecule has 0 fully saturated rings. The molecular formula is C29H27N. The Kier molecular flexibility index (Phi) is 4.88. The third kappa shape index (κ3) is 3.31. The van der Waals surface area contributed by atoms with Crippen LogP contribution in [0.5, 0.6) is 0 Å². The molecule has 0 heterocycles. The highest BCUT2D eigenvalue weighted by molar-refractivity contribution is 5.83. The Hall–Kier alpha value is -3.32. The standard InChI is InChI=1S/C29H27N/c1-3-21-9-13-25(14-10-21)30(26-15-11-22(4-2)12-16-26)27-17-18-29-24(20-27)19-23-7-5-6-8-28(23)29/h5-18,20H,3-4,19H2,1-2H3. The first-order valence-electron chi connectivity index (χ1n) is 11.0. The van der Waals surface area contributed by atoms with Crippen LogP contribution in [0, 0.1) is 0 Å². The van der Waals surface area contributed by atoms with E-state index in [0.717, 1.165) is 19.3 Å². The van der Waals surface area contributed by atoms with Gasteiger partial charge in [-0.1, -0.05) is 68.4 Å². The van der Waals surface area contributed by atoms with E-state index in [4.69, 9.17) is 0 Å². The molecule has 0 unspecified atom stereocenters. The zero-order valence-electron chi connectivity index (χ0n) is 17.7. The van der Waals surface area contributed by atoms with Crippen LogP contribution in [0.25, 0.3) is 11.1 Å². The van der Waals surface area contributed by atoms with Gasteiger partial charge in [-0.15, -0.1) is 0 Å². The average molecular weight is 390 g/mol. The number of hydrogen-bond acceptors (Lipinski definition) is 1. The van der Waals surface area contributed by atoms with Crippen LogP contribution in [-0.4, -0.2) is 0 Å². The van der Waals surface area contributed by atoms with Gasteiger partial charge < -0.3 is 4.90 Å². The highest BCUT2D eigenvalue weighted by Crippen LogP contribution is 2.41. The van der Waals surface area contributed by atoms with Gasteiger partial charge in [0.2, 0.25) is 0 Å². The number of benzene rings is 4. The van der Waals surface area contributed by atoms with E-state index in [1.165, 1.54) is 50.4 Å². The van der Waals surface area contributed by atoms with Crippen LogP contribution >= 0.6 is 0 Å². The van der Waals surface area contributed by atoms with Gasteiger partial charge in [-0.3, -0.25) is 0 Å². The van der Waals surface area contributed by atoms with Crippen molar-refractivity contribution < 1.29 is 0 Å². The van der Waals surface area contributed by atoms with Gasteiger partial charge in [0.25, 0.3) is 0 Å². The van der Waals surface area contributed by atoms with Crippen molar-refractivity contribution in [3.63, 3.8) is 0 Å². The van der Waals surface area contributed by atoms with Crippen molar-refractivity contribution >= 4 is 17.1 Å². The molecule has 1 nitrogen and oxygen atoms in total. The lowest BCUT2D eigenvalue weighted by Crippen LogP contribution is -2.10. The van der Waals surface area contributed by atoms with Gasteiger partial charge in [0.05, 0.1) is 0 Å². The van der Waals surface area contributed by atoms with Gasteiger partial charge in [0.1, 0.15) is 0 Å². The molecule has 30 heavy (non-hydrogen) atoms. The maximum absolute atomic E-state index is 2.38. The minimum atomic E-state index is 1.01. The number of aryl methyl sites for hydroxylation is 2. The molecule has 0 radical (unpaired) electrons. The average Bonchev–Trinajstić information content (AvgIpc) is 3.18. The minimum absolute atomic E-state index is 1.01. The molecule has 1 aliphatic rings.